The Balaban J connectivity index is 3.78. The van der Waals surface area contributed by atoms with Gasteiger partial charge in [0.05, 0.1) is 9.67 Å². The van der Waals surface area contributed by atoms with Gasteiger partial charge in [0.15, 0.2) is 9.84 Å². The SMILES string of the molecule is Cc1cc(S(=O)(=O)C(C)(C)C)c([N+](=O)[O-])cc1C(=O)Cl. The fraction of sp³-hybridized carbons (Fsp3) is 0.417. The molecule has 0 aliphatic rings. The molecule has 20 heavy (non-hydrogen) atoms. The van der Waals surface area contributed by atoms with E-state index in [0.29, 0.717) is 0 Å². The van der Waals surface area contributed by atoms with Crippen LogP contribution >= 0.6 is 11.6 Å². The third-order valence-electron chi connectivity index (χ3n) is 2.81. The number of halogens is 1. The van der Waals surface area contributed by atoms with Gasteiger partial charge in [-0.2, -0.15) is 0 Å². The predicted molar refractivity (Wildman–Crippen MR) is 75.0 cm³/mol. The van der Waals surface area contributed by atoms with Crippen LogP contribution in [0.1, 0.15) is 36.7 Å². The van der Waals surface area contributed by atoms with Crippen molar-refractivity contribution < 1.29 is 18.1 Å². The van der Waals surface area contributed by atoms with Gasteiger partial charge in [0.25, 0.3) is 10.9 Å². The summed E-state index contributed by atoms with van der Waals surface area (Å²) < 4.78 is 23.6. The number of hydrogen-bond acceptors (Lipinski definition) is 5. The van der Waals surface area contributed by atoms with Crippen LogP contribution in [0.5, 0.6) is 0 Å². The van der Waals surface area contributed by atoms with Crippen molar-refractivity contribution >= 4 is 32.4 Å². The third kappa shape index (κ3) is 2.83. The molecule has 0 saturated carbocycles. The van der Waals surface area contributed by atoms with E-state index in [1.165, 1.54) is 27.7 Å². The summed E-state index contributed by atoms with van der Waals surface area (Å²) in [5.74, 6) is 0. The topological polar surface area (TPSA) is 94.3 Å². The first-order chi connectivity index (χ1) is 8.89. The summed E-state index contributed by atoms with van der Waals surface area (Å²) >= 11 is 5.33. The molecule has 0 unspecified atom stereocenters. The van der Waals surface area contributed by atoms with Crippen LogP contribution in [0, 0.1) is 17.0 Å². The average Bonchev–Trinajstić information content (AvgIpc) is 2.25. The van der Waals surface area contributed by atoms with Crippen LogP contribution in [0.4, 0.5) is 5.69 Å². The number of sulfone groups is 1. The van der Waals surface area contributed by atoms with Crippen molar-refractivity contribution in [2.45, 2.75) is 37.3 Å². The quantitative estimate of drug-likeness (QED) is 0.485. The molecule has 0 fully saturated rings. The Hall–Kier alpha value is -1.47. The van der Waals surface area contributed by atoms with E-state index in [-0.39, 0.29) is 11.1 Å². The first kappa shape index (κ1) is 16.6. The Kier molecular flexibility index (Phi) is 4.26. The predicted octanol–water partition coefficient (Wildman–Crippen LogP) is 2.85. The van der Waals surface area contributed by atoms with Crippen LogP contribution in [0.2, 0.25) is 0 Å². The maximum atomic E-state index is 12.4. The first-order valence-corrected chi connectivity index (χ1v) is 7.49. The van der Waals surface area contributed by atoms with E-state index in [4.69, 9.17) is 11.6 Å². The zero-order valence-electron chi connectivity index (χ0n) is 11.4. The molecule has 0 spiro atoms. The van der Waals surface area contributed by atoms with Crippen LogP contribution in [-0.2, 0) is 9.84 Å². The second kappa shape index (κ2) is 5.14. The van der Waals surface area contributed by atoms with Gasteiger partial charge in [-0.25, -0.2) is 8.42 Å². The lowest BCUT2D eigenvalue weighted by Crippen LogP contribution is -2.28. The van der Waals surface area contributed by atoms with Gasteiger partial charge in [0.1, 0.15) is 4.90 Å². The Morgan fingerprint density at radius 1 is 1.30 bits per heavy atom. The molecule has 0 atom stereocenters. The Bertz CT molecular complexity index is 689. The summed E-state index contributed by atoms with van der Waals surface area (Å²) in [5, 5.41) is 10.2. The number of aryl methyl sites for hydroxylation is 1. The van der Waals surface area contributed by atoms with Crippen LogP contribution in [0.15, 0.2) is 17.0 Å². The molecule has 1 aromatic rings. The van der Waals surface area contributed by atoms with Crippen molar-refractivity contribution in [1.29, 1.82) is 0 Å². The first-order valence-electron chi connectivity index (χ1n) is 5.63. The van der Waals surface area contributed by atoms with Crippen LogP contribution in [0.25, 0.3) is 0 Å². The minimum absolute atomic E-state index is 0.0776. The molecule has 0 aliphatic carbocycles. The van der Waals surface area contributed by atoms with Crippen molar-refractivity contribution in [2.75, 3.05) is 0 Å². The molecule has 110 valence electrons. The second-order valence-corrected chi connectivity index (χ2v) is 8.30. The molecule has 6 nitrogen and oxygen atoms in total. The van der Waals surface area contributed by atoms with Crippen LogP contribution in [-0.4, -0.2) is 23.3 Å². The summed E-state index contributed by atoms with van der Waals surface area (Å²) in [7, 11) is -3.91. The molecule has 0 bridgehead atoms. The van der Waals surface area contributed by atoms with E-state index >= 15 is 0 Å². The highest BCUT2D eigenvalue weighted by atomic mass is 35.5. The molecule has 1 aromatic carbocycles. The standard InChI is InChI=1S/C12H14ClNO5S/c1-7-5-10(20(18,19)12(2,3)4)9(14(16)17)6-8(7)11(13)15/h5-6H,1-4H3. The van der Waals surface area contributed by atoms with Gasteiger partial charge < -0.3 is 0 Å². The number of rotatable bonds is 3. The zero-order chi connectivity index (χ0) is 15.9. The fourth-order valence-corrected chi connectivity index (χ4v) is 3.17. The van der Waals surface area contributed by atoms with Gasteiger partial charge in [0, 0.05) is 11.6 Å². The molecule has 0 N–H and O–H groups in total. The number of hydrogen-bond donors (Lipinski definition) is 0. The zero-order valence-corrected chi connectivity index (χ0v) is 13.0. The molecule has 0 heterocycles. The number of nitrogens with zero attached hydrogens (tertiary/aromatic N) is 1. The summed E-state index contributed by atoms with van der Waals surface area (Å²) in [6.07, 6.45) is 0. The van der Waals surface area contributed by atoms with Gasteiger partial charge >= 0.3 is 0 Å². The van der Waals surface area contributed by atoms with Gasteiger partial charge in [-0.3, -0.25) is 14.9 Å². The molecule has 8 heteroatoms. The summed E-state index contributed by atoms with van der Waals surface area (Å²) in [4.78, 5) is 21.0. The molecular formula is C12H14ClNO5S. The lowest BCUT2D eigenvalue weighted by molar-refractivity contribution is -0.387. The largest absolute Gasteiger partial charge is 0.288 e. The highest BCUT2D eigenvalue weighted by Gasteiger charge is 2.37. The Morgan fingerprint density at radius 3 is 2.15 bits per heavy atom. The Labute approximate surface area is 121 Å². The lowest BCUT2D eigenvalue weighted by atomic mass is 10.1. The summed E-state index contributed by atoms with van der Waals surface area (Å²) in [5.41, 5.74) is -0.445. The number of carbonyl (C=O) groups is 1. The van der Waals surface area contributed by atoms with Gasteiger partial charge in [-0.15, -0.1) is 0 Å². The average molecular weight is 320 g/mol. The highest BCUT2D eigenvalue weighted by Crippen LogP contribution is 2.34. The minimum atomic E-state index is -3.91. The van der Waals surface area contributed by atoms with Crippen molar-refractivity contribution in [3.05, 3.63) is 33.4 Å². The van der Waals surface area contributed by atoms with E-state index in [2.05, 4.69) is 0 Å². The van der Waals surface area contributed by atoms with E-state index < -0.39 is 35.3 Å². The van der Waals surface area contributed by atoms with Gasteiger partial charge in [0.2, 0.25) is 0 Å². The molecule has 0 aromatic heterocycles. The highest BCUT2D eigenvalue weighted by molar-refractivity contribution is 7.92. The minimum Gasteiger partial charge on any atom is -0.276 e. The lowest BCUT2D eigenvalue weighted by Gasteiger charge is -2.19. The maximum Gasteiger partial charge on any atom is 0.288 e. The Morgan fingerprint density at radius 2 is 1.80 bits per heavy atom. The molecule has 0 saturated heterocycles. The van der Waals surface area contributed by atoms with E-state index in [1.807, 2.05) is 0 Å². The number of carbonyl (C=O) groups excluding carboxylic acids is 1. The maximum absolute atomic E-state index is 12.4. The molecule has 0 radical (unpaired) electrons. The van der Waals surface area contributed by atoms with Crippen molar-refractivity contribution in [3.8, 4) is 0 Å². The second-order valence-electron chi connectivity index (χ2n) is 5.28. The number of nitro groups is 1. The van der Waals surface area contributed by atoms with Crippen molar-refractivity contribution in [3.63, 3.8) is 0 Å². The van der Waals surface area contributed by atoms with Gasteiger partial charge in [-0.1, -0.05) is 0 Å². The van der Waals surface area contributed by atoms with Crippen molar-refractivity contribution in [1.82, 2.24) is 0 Å². The number of benzene rings is 1. The van der Waals surface area contributed by atoms with E-state index in [9.17, 15) is 23.3 Å². The molecule has 0 aliphatic heterocycles. The molecule has 0 amide bonds. The normalized spacial score (nSPS) is 12.2. The van der Waals surface area contributed by atoms with E-state index in [1.54, 1.807) is 0 Å². The number of nitro benzene ring substituents is 1. The fourth-order valence-electron chi connectivity index (χ4n) is 1.57. The van der Waals surface area contributed by atoms with Crippen LogP contribution < -0.4 is 0 Å². The van der Waals surface area contributed by atoms with Crippen molar-refractivity contribution in [2.24, 2.45) is 0 Å². The molecular weight excluding hydrogens is 306 g/mol. The summed E-state index contributed by atoms with van der Waals surface area (Å²) in [6.45, 7) is 5.81. The monoisotopic (exact) mass is 319 g/mol. The summed E-state index contributed by atoms with van der Waals surface area (Å²) in [6, 6.07) is 2.03. The molecule has 1 rings (SSSR count). The third-order valence-corrected chi connectivity index (χ3v) is 5.53. The smallest absolute Gasteiger partial charge is 0.276 e. The van der Waals surface area contributed by atoms with Gasteiger partial charge in [-0.05, 0) is 50.9 Å². The van der Waals surface area contributed by atoms with E-state index in [0.717, 1.165) is 12.1 Å². The van der Waals surface area contributed by atoms with Crippen LogP contribution in [0.3, 0.4) is 0 Å².